The molecule has 0 spiro atoms. The summed E-state index contributed by atoms with van der Waals surface area (Å²) in [5, 5.41) is 11.4. The topological polar surface area (TPSA) is 68.0 Å². The lowest BCUT2D eigenvalue weighted by Gasteiger charge is -2.09. The number of carbonyl (C=O) groups is 1. The van der Waals surface area contributed by atoms with Gasteiger partial charge in [-0.15, -0.1) is 10.2 Å². The van der Waals surface area contributed by atoms with E-state index in [0.717, 1.165) is 5.56 Å². The maximum atomic E-state index is 12.3. The lowest BCUT2D eigenvalue weighted by molar-refractivity contribution is -0.115. The number of carbonyl (C=O) groups excluding carboxylic acids is 1. The molecule has 0 aliphatic heterocycles. The van der Waals surface area contributed by atoms with Gasteiger partial charge in [-0.1, -0.05) is 59.8 Å². The number of hydrogen-bond donors (Lipinski definition) is 1. The number of halogens is 1. The van der Waals surface area contributed by atoms with Gasteiger partial charge in [-0.25, -0.2) is 0 Å². The number of benzene rings is 2. The second-order valence-electron chi connectivity index (χ2n) is 5.38. The van der Waals surface area contributed by atoms with Crippen LogP contribution in [-0.2, 0) is 11.2 Å². The number of thioether (sulfide) groups is 1. The highest BCUT2D eigenvalue weighted by atomic mass is 35.5. The van der Waals surface area contributed by atoms with E-state index in [1.807, 2.05) is 30.3 Å². The lowest BCUT2D eigenvalue weighted by atomic mass is 10.2. The molecule has 0 fully saturated rings. The first kappa shape index (κ1) is 17.5. The van der Waals surface area contributed by atoms with Crippen molar-refractivity contribution in [1.29, 1.82) is 0 Å². The SMILES string of the molecule is C[C@H](Sc1nnc(Cc2ccccc2)o1)C(=O)Nc1cccc(Cl)c1. The normalized spacial score (nSPS) is 11.9. The highest BCUT2D eigenvalue weighted by Crippen LogP contribution is 2.24. The summed E-state index contributed by atoms with van der Waals surface area (Å²) < 4.78 is 5.62. The maximum Gasteiger partial charge on any atom is 0.277 e. The van der Waals surface area contributed by atoms with Crippen molar-refractivity contribution in [2.45, 2.75) is 23.8 Å². The number of amides is 1. The summed E-state index contributed by atoms with van der Waals surface area (Å²) in [6, 6.07) is 16.9. The minimum Gasteiger partial charge on any atom is -0.416 e. The van der Waals surface area contributed by atoms with Gasteiger partial charge in [-0.2, -0.15) is 0 Å². The first-order valence-electron chi connectivity index (χ1n) is 7.69. The molecule has 1 aromatic heterocycles. The molecule has 0 aliphatic carbocycles. The molecule has 128 valence electrons. The number of anilines is 1. The number of nitrogens with one attached hydrogen (secondary N) is 1. The van der Waals surface area contributed by atoms with Crippen LogP contribution in [0.2, 0.25) is 5.02 Å². The van der Waals surface area contributed by atoms with E-state index in [-0.39, 0.29) is 11.2 Å². The Kier molecular flexibility index (Phi) is 5.73. The Morgan fingerprint density at radius 1 is 1.20 bits per heavy atom. The minimum absolute atomic E-state index is 0.157. The van der Waals surface area contributed by atoms with Crippen molar-refractivity contribution in [3.8, 4) is 0 Å². The molecule has 7 heteroatoms. The minimum atomic E-state index is -0.385. The highest BCUT2D eigenvalue weighted by molar-refractivity contribution is 8.00. The summed E-state index contributed by atoms with van der Waals surface area (Å²) in [6.45, 7) is 1.78. The Hall–Kier alpha value is -2.31. The highest BCUT2D eigenvalue weighted by Gasteiger charge is 2.18. The molecule has 1 atom stereocenters. The van der Waals surface area contributed by atoms with E-state index < -0.39 is 0 Å². The summed E-state index contributed by atoms with van der Waals surface area (Å²) in [7, 11) is 0. The van der Waals surface area contributed by atoms with Crippen molar-refractivity contribution in [1.82, 2.24) is 10.2 Å². The van der Waals surface area contributed by atoms with Gasteiger partial charge in [0.05, 0.1) is 11.7 Å². The van der Waals surface area contributed by atoms with Crippen LogP contribution in [0.15, 0.2) is 64.2 Å². The first-order chi connectivity index (χ1) is 12.1. The van der Waals surface area contributed by atoms with E-state index in [1.54, 1.807) is 31.2 Å². The van der Waals surface area contributed by atoms with E-state index in [9.17, 15) is 4.79 Å². The van der Waals surface area contributed by atoms with Crippen LogP contribution < -0.4 is 5.32 Å². The van der Waals surface area contributed by atoms with Gasteiger partial charge in [-0.05, 0) is 30.7 Å². The van der Waals surface area contributed by atoms with E-state index in [4.69, 9.17) is 16.0 Å². The van der Waals surface area contributed by atoms with Crippen molar-refractivity contribution in [2.24, 2.45) is 0 Å². The third-order valence-electron chi connectivity index (χ3n) is 3.39. The second kappa shape index (κ2) is 8.18. The average Bonchev–Trinajstić information content (AvgIpc) is 3.02. The van der Waals surface area contributed by atoms with Crippen LogP contribution in [0, 0.1) is 0 Å². The molecule has 0 unspecified atom stereocenters. The molecular weight excluding hydrogens is 358 g/mol. The Bertz CT molecular complexity index is 854. The molecular formula is C18H16ClN3O2S. The molecule has 0 aliphatic rings. The van der Waals surface area contributed by atoms with Gasteiger partial charge in [0.15, 0.2) is 0 Å². The summed E-state index contributed by atoms with van der Waals surface area (Å²) in [5.74, 6) is 0.367. The van der Waals surface area contributed by atoms with E-state index in [2.05, 4.69) is 15.5 Å². The van der Waals surface area contributed by atoms with Crippen LogP contribution in [0.3, 0.4) is 0 Å². The maximum absolute atomic E-state index is 12.3. The van der Waals surface area contributed by atoms with Crippen LogP contribution in [0.5, 0.6) is 0 Å². The average molecular weight is 374 g/mol. The fourth-order valence-electron chi connectivity index (χ4n) is 2.14. The van der Waals surface area contributed by atoms with E-state index >= 15 is 0 Å². The summed E-state index contributed by atoms with van der Waals surface area (Å²) in [5.41, 5.74) is 1.75. The largest absolute Gasteiger partial charge is 0.416 e. The third-order valence-corrected chi connectivity index (χ3v) is 4.55. The third kappa shape index (κ3) is 5.08. The Balaban J connectivity index is 1.57. The summed E-state index contributed by atoms with van der Waals surface area (Å²) in [4.78, 5) is 12.3. The Morgan fingerprint density at radius 2 is 2.00 bits per heavy atom. The van der Waals surface area contributed by atoms with Gasteiger partial charge in [0.1, 0.15) is 0 Å². The molecule has 1 amide bonds. The Labute approximate surface area is 154 Å². The number of nitrogens with zero attached hydrogens (tertiary/aromatic N) is 2. The molecule has 1 heterocycles. The molecule has 0 bridgehead atoms. The molecule has 3 rings (SSSR count). The molecule has 5 nitrogen and oxygen atoms in total. The molecule has 0 saturated carbocycles. The molecule has 3 aromatic rings. The van der Waals surface area contributed by atoms with Crippen LogP contribution in [0.4, 0.5) is 5.69 Å². The second-order valence-corrected chi connectivity index (χ2v) is 7.11. The predicted octanol–water partition coefficient (Wildman–Crippen LogP) is 4.43. The van der Waals surface area contributed by atoms with Crippen molar-refractivity contribution in [3.05, 3.63) is 71.1 Å². The molecule has 25 heavy (non-hydrogen) atoms. The fourth-order valence-corrected chi connectivity index (χ4v) is 3.03. The smallest absolute Gasteiger partial charge is 0.277 e. The van der Waals surface area contributed by atoms with Crippen molar-refractivity contribution in [3.63, 3.8) is 0 Å². The van der Waals surface area contributed by atoms with Gasteiger partial charge >= 0.3 is 0 Å². The van der Waals surface area contributed by atoms with Gasteiger partial charge in [-0.3, -0.25) is 4.79 Å². The zero-order valence-electron chi connectivity index (χ0n) is 13.5. The van der Waals surface area contributed by atoms with E-state index in [0.29, 0.717) is 28.2 Å². The van der Waals surface area contributed by atoms with Crippen LogP contribution in [-0.4, -0.2) is 21.4 Å². The fraction of sp³-hybridized carbons (Fsp3) is 0.167. The van der Waals surface area contributed by atoms with Crippen LogP contribution in [0.25, 0.3) is 0 Å². The van der Waals surface area contributed by atoms with Gasteiger partial charge in [0.2, 0.25) is 11.8 Å². The van der Waals surface area contributed by atoms with Crippen LogP contribution in [0.1, 0.15) is 18.4 Å². The van der Waals surface area contributed by atoms with Crippen LogP contribution >= 0.6 is 23.4 Å². The monoisotopic (exact) mass is 373 g/mol. The quantitative estimate of drug-likeness (QED) is 0.647. The predicted molar refractivity (Wildman–Crippen MR) is 98.9 cm³/mol. The van der Waals surface area contributed by atoms with Gasteiger partial charge < -0.3 is 9.73 Å². The van der Waals surface area contributed by atoms with E-state index in [1.165, 1.54) is 11.8 Å². The standard InChI is InChI=1S/C18H16ClN3O2S/c1-12(17(23)20-15-9-5-8-14(19)11-15)25-18-22-21-16(24-18)10-13-6-3-2-4-7-13/h2-9,11-12H,10H2,1H3,(H,20,23)/t12-/m0/s1. The summed E-state index contributed by atoms with van der Waals surface area (Å²) >= 11 is 7.14. The molecule has 0 radical (unpaired) electrons. The van der Waals surface area contributed by atoms with Gasteiger partial charge in [0, 0.05) is 10.7 Å². The van der Waals surface area contributed by atoms with Crippen molar-refractivity contribution < 1.29 is 9.21 Å². The zero-order chi connectivity index (χ0) is 17.6. The Morgan fingerprint density at radius 3 is 2.76 bits per heavy atom. The number of hydrogen-bond acceptors (Lipinski definition) is 5. The lowest BCUT2D eigenvalue weighted by Crippen LogP contribution is -2.22. The van der Waals surface area contributed by atoms with Crippen molar-refractivity contribution in [2.75, 3.05) is 5.32 Å². The van der Waals surface area contributed by atoms with Gasteiger partial charge in [0.25, 0.3) is 5.22 Å². The summed E-state index contributed by atoms with van der Waals surface area (Å²) in [6.07, 6.45) is 0.567. The molecule has 0 saturated heterocycles. The zero-order valence-corrected chi connectivity index (χ0v) is 15.1. The number of rotatable bonds is 6. The molecule has 1 N–H and O–H groups in total. The first-order valence-corrected chi connectivity index (χ1v) is 8.95. The number of aromatic nitrogens is 2. The molecule has 2 aromatic carbocycles. The van der Waals surface area contributed by atoms with Crippen molar-refractivity contribution >= 4 is 35.0 Å².